The van der Waals surface area contributed by atoms with Gasteiger partial charge >= 0.3 is 0 Å². The summed E-state index contributed by atoms with van der Waals surface area (Å²) in [5.74, 6) is 0. The van der Waals surface area contributed by atoms with E-state index in [1.165, 1.54) is 22.3 Å². The van der Waals surface area contributed by atoms with Gasteiger partial charge in [-0.05, 0) is 42.5 Å². The summed E-state index contributed by atoms with van der Waals surface area (Å²) < 4.78 is 0. The van der Waals surface area contributed by atoms with Gasteiger partial charge in [0.15, 0.2) is 0 Å². The highest BCUT2D eigenvalue weighted by molar-refractivity contribution is 5.80. The summed E-state index contributed by atoms with van der Waals surface area (Å²) in [4.78, 5) is 0. The number of rotatable bonds is 3. The number of fused-ring (bicyclic) bond motifs is 1. The average Bonchev–Trinajstić information content (AvgIpc) is 2.73. The molecular weight excluding hydrogens is 204 g/mol. The third-order valence-corrected chi connectivity index (χ3v) is 3.14. The molecule has 0 nitrogen and oxygen atoms in total. The molecule has 0 aromatic heterocycles. The van der Waals surface area contributed by atoms with E-state index in [4.69, 9.17) is 0 Å². The molecule has 0 saturated heterocycles. The zero-order valence-corrected chi connectivity index (χ0v) is 10.5. The summed E-state index contributed by atoms with van der Waals surface area (Å²) in [6, 6.07) is 6.67. The maximum Gasteiger partial charge on any atom is -0.00821 e. The number of hydrogen-bond acceptors (Lipinski definition) is 0. The maximum atomic E-state index is 3.80. The Morgan fingerprint density at radius 3 is 2.88 bits per heavy atom. The molecule has 0 amide bonds. The molecule has 0 aliphatic heterocycles. The minimum Gasteiger partial charge on any atom is -0.0985 e. The molecule has 0 unspecified atom stereocenters. The van der Waals surface area contributed by atoms with Crippen molar-refractivity contribution >= 4 is 5.57 Å². The average molecular weight is 222 g/mol. The Bertz CT molecular complexity index is 525. The van der Waals surface area contributed by atoms with Crippen molar-refractivity contribution in [3.05, 3.63) is 77.4 Å². The zero-order chi connectivity index (χ0) is 12.3. The Morgan fingerprint density at radius 2 is 2.18 bits per heavy atom. The van der Waals surface area contributed by atoms with E-state index < -0.39 is 0 Å². The van der Waals surface area contributed by atoms with Crippen molar-refractivity contribution in [3.63, 3.8) is 0 Å². The van der Waals surface area contributed by atoms with Gasteiger partial charge in [0.05, 0.1) is 0 Å². The Kier molecular flexibility index (Phi) is 3.43. The summed E-state index contributed by atoms with van der Waals surface area (Å²) in [5, 5.41) is 0. The van der Waals surface area contributed by atoms with Crippen LogP contribution in [0.3, 0.4) is 0 Å². The monoisotopic (exact) mass is 222 g/mol. The first-order valence-corrected chi connectivity index (χ1v) is 6.01. The molecule has 2 rings (SSSR count). The van der Waals surface area contributed by atoms with Crippen LogP contribution in [0.15, 0.2) is 60.7 Å². The van der Waals surface area contributed by atoms with Crippen LogP contribution in [0.25, 0.3) is 5.57 Å². The van der Waals surface area contributed by atoms with Crippen LogP contribution in [0.2, 0.25) is 0 Å². The van der Waals surface area contributed by atoms with E-state index in [1.54, 1.807) is 0 Å². The molecule has 0 atom stereocenters. The first-order chi connectivity index (χ1) is 8.24. The molecule has 1 aliphatic carbocycles. The SMILES string of the molecule is C=CC(/C=C/C1=CCc2ccc(C)cc21)=C\C. The van der Waals surface area contributed by atoms with Crippen LogP contribution in [-0.4, -0.2) is 0 Å². The third-order valence-electron chi connectivity index (χ3n) is 3.14. The topological polar surface area (TPSA) is 0 Å². The number of benzene rings is 1. The zero-order valence-electron chi connectivity index (χ0n) is 10.5. The van der Waals surface area contributed by atoms with Crippen LogP contribution in [0.5, 0.6) is 0 Å². The summed E-state index contributed by atoms with van der Waals surface area (Å²) in [6.07, 6.45) is 11.6. The molecule has 0 saturated carbocycles. The Balaban J connectivity index is 2.28. The Labute approximate surface area is 104 Å². The summed E-state index contributed by atoms with van der Waals surface area (Å²) >= 11 is 0. The van der Waals surface area contributed by atoms with Gasteiger partial charge in [0.1, 0.15) is 0 Å². The second-order valence-corrected chi connectivity index (χ2v) is 4.35. The summed E-state index contributed by atoms with van der Waals surface area (Å²) in [5.41, 5.74) is 6.61. The van der Waals surface area contributed by atoms with Gasteiger partial charge in [-0.15, -0.1) is 0 Å². The van der Waals surface area contributed by atoms with E-state index >= 15 is 0 Å². The molecule has 0 spiro atoms. The molecule has 0 bridgehead atoms. The molecule has 0 heterocycles. The fourth-order valence-electron chi connectivity index (χ4n) is 2.09. The van der Waals surface area contributed by atoms with Crippen molar-refractivity contribution in [3.8, 4) is 0 Å². The lowest BCUT2D eigenvalue weighted by Crippen LogP contribution is -1.84. The van der Waals surface area contributed by atoms with Crippen molar-refractivity contribution < 1.29 is 0 Å². The second kappa shape index (κ2) is 5.01. The lowest BCUT2D eigenvalue weighted by Gasteiger charge is -2.03. The third kappa shape index (κ3) is 2.47. The molecule has 86 valence electrons. The van der Waals surface area contributed by atoms with E-state index in [9.17, 15) is 0 Å². The van der Waals surface area contributed by atoms with Gasteiger partial charge in [-0.25, -0.2) is 0 Å². The van der Waals surface area contributed by atoms with Gasteiger partial charge in [-0.3, -0.25) is 0 Å². The second-order valence-electron chi connectivity index (χ2n) is 4.35. The van der Waals surface area contributed by atoms with E-state index in [0.29, 0.717) is 0 Å². The highest BCUT2D eigenvalue weighted by Gasteiger charge is 2.11. The number of aryl methyl sites for hydroxylation is 1. The predicted octanol–water partition coefficient (Wildman–Crippen LogP) is 4.62. The van der Waals surface area contributed by atoms with Gasteiger partial charge in [0.25, 0.3) is 0 Å². The van der Waals surface area contributed by atoms with E-state index in [-0.39, 0.29) is 0 Å². The first-order valence-electron chi connectivity index (χ1n) is 6.01. The first kappa shape index (κ1) is 11.7. The molecule has 1 aromatic carbocycles. The van der Waals surface area contributed by atoms with Crippen molar-refractivity contribution in [2.45, 2.75) is 20.3 Å². The van der Waals surface area contributed by atoms with Crippen LogP contribution >= 0.6 is 0 Å². The van der Waals surface area contributed by atoms with Crippen LogP contribution in [0.4, 0.5) is 0 Å². The Hall–Kier alpha value is -1.82. The van der Waals surface area contributed by atoms with E-state index in [1.807, 2.05) is 13.0 Å². The van der Waals surface area contributed by atoms with Crippen LogP contribution < -0.4 is 0 Å². The molecule has 0 fully saturated rings. The fraction of sp³-hybridized carbons (Fsp3) is 0.176. The quantitative estimate of drug-likeness (QED) is 0.654. The standard InChI is InChI=1S/C17H18/c1-4-14(5-2)7-9-16-11-10-15-8-6-13(3)12-17(15)16/h4-9,11-12H,1,10H2,2-3H3/b9-7+,14-5+. The Morgan fingerprint density at radius 1 is 1.35 bits per heavy atom. The smallest absolute Gasteiger partial charge is 0.00821 e. The minimum absolute atomic E-state index is 1.05. The van der Waals surface area contributed by atoms with Crippen LogP contribution in [0.1, 0.15) is 23.6 Å². The number of hydrogen-bond donors (Lipinski definition) is 0. The number of allylic oxidation sites excluding steroid dienone is 7. The summed E-state index contributed by atoms with van der Waals surface area (Å²) in [6.45, 7) is 7.97. The fourth-order valence-corrected chi connectivity index (χ4v) is 2.09. The van der Waals surface area contributed by atoms with Crippen molar-refractivity contribution in [1.29, 1.82) is 0 Å². The molecule has 0 N–H and O–H groups in total. The molecular formula is C17H18. The van der Waals surface area contributed by atoms with Gasteiger partial charge in [0.2, 0.25) is 0 Å². The van der Waals surface area contributed by atoms with Gasteiger partial charge in [0, 0.05) is 0 Å². The largest absolute Gasteiger partial charge is 0.0985 e. The van der Waals surface area contributed by atoms with Gasteiger partial charge < -0.3 is 0 Å². The van der Waals surface area contributed by atoms with Crippen molar-refractivity contribution in [2.75, 3.05) is 0 Å². The van der Waals surface area contributed by atoms with Crippen molar-refractivity contribution in [2.24, 2.45) is 0 Å². The van der Waals surface area contributed by atoms with Gasteiger partial charge in [-0.2, -0.15) is 0 Å². The van der Waals surface area contributed by atoms with Crippen LogP contribution in [-0.2, 0) is 6.42 Å². The minimum atomic E-state index is 1.05. The van der Waals surface area contributed by atoms with Gasteiger partial charge in [-0.1, -0.05) is 60.7 Å². The lowest BCUT2D eigenvalue weighted by molar-refractivity contribution is 1.29. The normalized spacial score (nSPS) is 14.9. The molecule has 1 aliphatic rings. The lowest BCUT2D eigenvalue weighted by atomic mass is 10.0. The highest BCUT2D eigenvalue weighted by Crippen LogP contribution is 2.29. The summed E-state index contributed by atoms with van der Waals surface area (Å²) in [7, 11) is 0. The van der Waals surface area contributed by atoms with E-state index in [2.05, 4.69) is 56.0 Å². The molecule has 0 radical (unpaired) electrons. The molecule has 1 aromatic rings. The van der Waals surface area contributed by atoms with Crippen molar-refractivity contribution in [1.82, 2.24) is 0 Å². The molecule has 17 heavy (non-hydrogen) atoms. The van der Waals surface area contributed by atoms with Crippen LogP contribution in [0, 0.1) is 6.92 Å². The highest BCUT2D eigenvalue weighted by atomic mass is 14.2. The van der Waals surface area contributed by atoms with E-state index in [0.717, 1.165) is 12.0 Å². The predicted molar refractivity (Wildman–Crippen MR) is 76.0 cm³/mol. The maximum absolute atomic E-state index is 3.80. The molecule has 0 heteroatoms.